The lowest BCUT2D eigenvalue weighted by molar-refractivity contribution is 0.100. The fraction of sp³-hybridized carbons (Fsp3) is 0.500. The summed E-state index contributed by atoms with van der Waals surface area (Å²) in [6.45, 7) is 3.07. The van der Waals surface area contributed by atoms with Gasteiger partial charge >= 0.3 is 0 Å². The molecular weight excluding hydrogens is 226 g/mol. The third kappa shape index (κ3) is 2.42. The van der Waals surface area contributed by atoms with E-state index in [9.17, 15) is 4.79 Å². The van der Waals surface area contributed by atoms with Crippen molar-refractivity contribution >= 4 is 17.3 Å². The van der Waals surface area contributed by atoms with Crippen molar-refractivity contribution in [2.45, 2.75) is 38.6 Å². The highest BCUT2D eigenvalue weighted by molar-refractivity contribution is 5.94. The molecule has 4 nitrogen and oxygen atoms in total. The Morgan fingerprint density at radius 2 is 2.06 bits per heavy atom. The molecule has 0 bridgehead atoms. The summed E-state index contributed by atoms with van der Waals surface area (Å²) in [7, 11) is 0. The van der Waals surface area contributed by atoms with Gasteiger partial charge < -0.3 is 16.4 Å². The Kier molecular flexibility index (Phi) is 3.75. The molecule has 1 saturated carbocycles. The van der Waals surface area contributed by atoms with Crippen molar-refractivity contribution in [1.29, 1.82) is 0 Å². The Bertz CT molecular complexity index is 439. The Hall–Kier alpha value is -1.71. The fourth-order valence-electron chi connectivity index (χ4n) is 2.81. The molecule has 0 aromatic heterocycles. The van der Waals surface area contributed by atoms with Crippen LogP contribution in [-0.4, -0.2) is 18.5 Å². The molecule has 0 heterocycles. The maximum absolute atomic E-state index is 11.1. The zero-order valence-corrected chi connectivity index (χ0v) is 10.9. The molecule has 1 aromatic rings. The van der Waals surface area contributed by atoms with Crippen molar-refractivity contribution in [3.63, 3.8) is 0 Å². The fourth-order valence-corrected chi connectivity index (χ4v) is 2.81. The average molecular weight is 247 g/mol. The van der Waals surface area contributed by atoms with E-state index >= 15 is 0 Å². The highest BCUT2D eigenvalue weighted by Gasteiger charge is 2.23. The number of amides is 1. The summed E-state index contributed by atoms with van der Waals surface area (Å²) in [5.41, 5.74) is 13.4. The Balaban J connectivity index is 2.27. The summed E-state index contributed by atoms with van der Waals surface area (Å²) in [5, 5.41) is 0. The van der Waals surface area contributed by atoms with Crippen LogP contribution in [0.4, 0.5) is 11.4 Å². The van der Waals surface area contributed by atoms with E-state index < -0.39 is 5.91 Å². The van der Waals surface area contributed by atoms with Gasteiger partial charge in [-0.2, -0.15) is 0 Å². The summed E-state index contributed by atoms with van der Waals surface area (Å²) in [6.07, 6.45) is 5.04. The topological polar surface area (TPSA) is 72.3 Å². The summed E-state index contributed by atoms with van der Waals surface area (Å²) in [5.74, 6) is -0.433. The monoisotopic (exact) mass is 247 g/mol. The summed E-state index contributed by atoms with van der Waals surface area (Å²) in [4.78, 5) is 13.5. The molecule has 4 heteroatoms. The second-order valence-electron chi connectivity index (χ2n) is 4.86. The van der Waals surface area contributed by atoms with Gasteiger partial charge in [-0.15, -0.1) is 0 Å². The Morgan fingerprint density at radius 3 is 2.56 bits per heavy atom. The minimum atomic E-state index is -0.433. The maximum Gasteiger partial charge on any atom is 0.248 e. The maximum atomic E-state index is 11.1. The molecule has 0 atom stereocenters. The van der Waals surface area contributed by atoms with Gasteiger partial charge in [0, 0.05) is 18.2 Å². The van der Waals surface area contributed by atoms with Crippen LogP contribution in [0.5, 0.6) is 0 Å². The molecule has 0 spiro atoms. The molecule has 1 fully saturated rings. The third-order valence-corrected chi connectivity index (χ3v) is 3.73. The SMILES string of the molecule is CCN(c1ccc(C(N)=O)cc1N)C1CCCC1. The lowest BCUT2D eigenvalue weighted by Crippen LogP contribution is -2.33. The average Bonchev–Trinajstić information content (AvgIpc) is 2.85. The van der Waals surface area contributed by atoms with Crippen molar-refractivity contribution < 1.29 is 4.79 Å². The van der Waals surface area contributed by atoms with E-state index in [2.05, 4.69) is 11.8 Å². The first-order chi connectivity index (χ1) is 8.63. The molecule has 2 rings (SSSR count). The van der Waals surface area contributed by atoms with Crippen molar-refractivity contribution in [3.8, 4) is 0 Å². The first kappa shape index (κ1) is 12.7. The number of rotatable bonds is 4. The molecule has 0 unspecified atom stereocenters. The number of carbonyl (C=O) groups is 1. The van der Waals surface area contributed by atoms with Crippen LogP contribution in [0.1, 0.15) is 43.0 Å². The van der Waals surface area contributed by atoms with Crippen molar-refractivity contribution in [1.82, 2.24) is 0 Å². The zero-order valence-electron chi connectivity index (χ0n) is 10.9. The molecule has 1 aliphatic rings. The minimum Gasteiger partial charge on any atom is -0.397 e. The molecule has 0 saturated heterocycles. The number of hydrogen-bond donors (Lipinski definition) is 2. The number of benzene rings is 1. The number of nitrogens with two attached hydrogens (primary N) is 2. The molecule has 1 aromatic carbocycles. The summed E-state index contributed by atoms with van der Waals surface area (Å²) < 4.78 is 0. The quantitative estimate of drug-likeness (QED) is 0.801. The van der Waals surface area contributed by atoms with Gasteiger partial charge in [0.2, 0.25) is 5.91 Å². The van der Waals surface area contributed by atoms with Crippen LogP contribution in [0.2, 0.25) is 0 Å². The van der Waals surface area contributed by atoms with E-state index in [1.807, 2.05) is 6.07 Å². The van der Waals surface area contributed by atoms with Crippen molar-refractivity contribution in [2.75, 3.05) is 17.2 Å². The first-order valence-electron chi connectivity index (χ1n) is 6.59. The largest absolute Gasteiger partial charge is 0.397 e. The lowest BCUT2D eigenvalue weighted by Gasteiger charge is -2.31. The molecular formula is C14H21N3O. The van der Waals surface area contributed by atoms with Gasteiger partial charge in [-0.25, -0.2) is 0 Å². The Labute approximate surface area is 108 Å². The van der Waals surface area contributed by atoms with E-state index in [1.54, 1.807) is 12.1 Å². The number of primary amides is 1. The molecule has 0 aliphatic heterocycles. The zero-order chi connectivity index (χ0) is 13.1. The lowest BCUT2D eigenvalue weighted by atomic mass is 10.1. The number of carbonyl (C=O) groups excluding carboxylic acids is 1. The van der Waals surface area contributed by atoms with Gasteiger partial charge in [0.05, 0.1) is 11.4 Å². The van der Waals surface area contributed by atoms with Crippen molar-refractivity contribution in [2.24, 2.45) is 5.73 Å². The van der Waals surface area contributed by atoms with E-state index in [4.69, 9.17) is 11.5 Å². The molecule has 1 aliphatic carbocycles. The smallest absolute Gasteiger partial charge is 0.248 e. The third-order valence-electron chi connectivity index (χ3n) is 3.73. The second kappa shape index (κ2) is 5.29. The second-order valence-corrected chi connectivity index (χ2v) is 4.86. The number of nitrogen functional groups attached to an aromatic ring is 1. The van der Waals surface area contributed by atoms with Gasteiger partial charge in [-0.1, -0.05) is 12.8 Å². The van der Waals surface area contributed by atoms with Crippen LogP contribution in [0.25, 0.3) is 0 Å². The van der Waals surface area contributed by atoms with Crippen LogP contribution in [0, 0.1) is 0 Å². The van der Waals surface area contributed by atoms with Crippen LogP contribution >= 0.6 is 0 Å². The molecule has 98 valence electrons. The number of nitrogens with zero attached hydrogens (tertiary/aromatic N) is 1. The van der Waals surface area contributed by atoms with Crippen LogP contribution in [0.3, 0.4) is 0 Å². The first-order valence-corrected chi connectivity index (χ1v) is 6.59. The highest BCUT2D eigenvalue weighted by Crippen LogP contribution is 2.32. The van der Waals surface area contributed by atoms with E-state index in [1.165, 1.54) is 25.7 Å². The normalized spacial score (nSPS) is 15.8. The standard InChI is InChI=1S/C14H21N3O/c1-2-17(11-5-3-4-6-11)13-8-7-10(14(16)18)9-12(13)15/h7-9,11H,2-6,15H2,1H3,(H2,16,18). The molecule has 18 heavy (non-hydrogen) atoms. The van der Waals surface area contributed by atoms with E-state index in [0.29, 0.717) is 17.3 Å². The summed E-state index contributed by atoms with van der Waals surface area (Å²) >= 11 is 0. The van der Waals surface area contributed by atoms with E-state index in [0.717, 1.165) is 12.2 Å². The number of anilines is 2. The van der Waals surface area contributed by atoms with Crippen LogP contribution < -0.4 is 16.4 Å². The van der Waals surface area contributed by atoms with Gasteiger partial charge in [0.15, 0.2) is 0 Å². The van der Waals surface area contributed by atoms with Gasteiger partial charge in [0.25, 0.3) is 0 Å². The predicted octanol–water partition coefficient (Wildman–Crippen LogP) is 2.14. The predicted molar refractivity (Wildman–Crippen MR) is 74.6 cm³/mol. The van der Waals surface area contributed by atoms with Crippen molar-refractivity contribution in [3.05, 3.63) is 23.8 Å². The van der Waals surface area contributed by atoms with Crippen LogP contribution in [-0.2, 0) is 0 Å². The molecule has 0 radical (unpaired) electrons. The summed E-state index contributed by atoms with van der Waals surface area (Å²) in [6, 6.07) is 5.93. The van der Waals surface area contributed by atoms with Gasteiger partial charge in [0.1, 0.15) is 0 Å². The minimum absolute atomic E-state index is 0.433. The number of hydrogen-bond acceptors (Lipinski definition) is 3. The highest BCUT2D eigenvalue weighted by atomic mass is 16.1. The van der Waals surface area contributed by atoms with Gasteiger partial charge in [-0.05, 0) is 38.0 Å². The van der Waals surface area contributed by atoms with Crippen LogP contribution in [0.15, 0.2) is 18.2 Å². The van der Waals surface area contributed by atoms with E-state index in [-0.39, 0.29) is 0 Å². The van der Waals surface area contributed by atoms with Gasteiger partial charge in [-0.3, -0.25) is 4.79 Å². The molecule has 4 N–H and O–H groups in total. The Morgan fingerprint density at radius 1 is 1.39 bits per heavy atom. The molecule has 1 amide bonds.